The van der Waals surface area contributed by atoms with Gasteiger partial charge in [-0.25, -0.2) is 0 Å². The fourth-order valence-electron chi connectivity index (χ4n) is 13.4. The van der Waals surface area contributed by atoms with Gasteiger partial charge in [-0.2, -0.15) is 0 Å². The molecule has 0 spiro atoms. The lowest BCUT2D eigenvalue weighted by Gasteiger charge is -2.42. The van der Waals surface area contributed by atoms with Crippen molar-refractivity contribution < 1.29 is 0 Å². The van der Waals surface area contributed by atoms with Crippen molar-refractivity contribution in [2.75, 3.05) is 33.7 Å². The number of hydrogen-bond acceptors (Lipinski definition) is 4. The Hall–Kier alpha value is -9.12. The van der Waals surface area contributed by atoms with Crippen molar-refractivity contribution in [2.24, 2.45) is 0 Å². The van der Waals surface area contributed by atoms with E-state index in [-0.39, 0.29) is 17.9 Å². The number of hydrogen-bond donors (Lipinski definition) is 0. The Bertz CT molecular complexity index is 4160. The van der Waals surface area contributed by atoms with Crippen molar-refractivity contribution in [3.8, 4) is 11.1 Å². The summed E-state index contributed by atoms with van der Waals surface area (Å²) in [7, 11) is 4.39. The number of fused-ring (bicyclic) bond motifs is 8. The molecule has 10 aromatic carbocycles. The molecule has 2 heterocycles. The van der Waals surface area contributed by atoms with E-state index >= 15 is 0 Å². The molecule has 0 radical (unpaired) electrons. The molecule has 15 rings (SSSR count). The molecule has 3 aliphatic carbocycles. The lowest BCUT2D eigenvalue weighted by Crippen LogP contribution is -2.42. The SMILES string of the molecule is CN1c2ccccc2N(c2ccc3c(C4=CC=CC(c5ccc6ccccc6c5)C4)c4c(c(-c5cccc(C6C=Cc7ccccc7C6)c5)c3c2)=CCC(N2c3ccccc3N(C)c3ccccc32)C=4)c2ccccc21. The van der Waals surface area contributed by atoms with E-state index in [1.807, 2.05) is 0 Å². The van der Waals surface area contributed by atoms with Gasteiger partial charge in [0.1, 0.15) is 0 Å². The Morgan fingerprint density at radius 1 is 0.447 bits per heavy atom. The smallest absolute Gasteiger partial charge is 0.0699 e. The molecule has 0 saturated heterocycles. The van der Waals surface area contributed by atoms with Gasteiger partial charge in [-0.3, -0.25) is 0 Å². The average Bonchev–Trinajstić information content (AvgIpc) is 3.51. The monoisotopic (exact) mass is 976 g/mol. The van der Waals surface area contributed by atoms with E-state index in [2.05, 4.69) is 282 Å². The summed E-state index contributed by atoms with van der Waals surface area (Å²) in [4.78, 5) is 9.79. The molecule has 3 atom stereocenters. The summed E-state index contributed by atoms with van der Waals surface area (Å²) in [6.45, 7) is 0. The minimum Gasteiger partial charge on any atom is -0.341 e. The van der Waals surface area contributed by atoms with E-state index in [1.165, 1.54) is 122 Å². The third-order valence-electron chi connectivity index (χ3n) is 17.1. The Balaban J connectivity index is 0.993. The van der Waals surface area contributed by atoms with Crippen LogP contribution in [0.4, 0.5) is 51.2 Å². The van der Waals surface area contributed by atoms with Crippen LogP contribution in [0.5, 0.6) is 0 Å². The van der Waals surface area contributed by atoms with Crippen molar-refractivity contribution >= 4 is 96.5 Å². The maximum atomic E-state index is 2.64. The predicted octanol–water partition coefficient (Wildman–Crippen LogP) is 16.9. The molecule has 0 saturated carbocycles. The molecule has 364 valence electrons. The molecule has 5 aliphatic rings. The van der Waals surface area contributed by atoms with E-state index in [1.54, 1.807) is 0 Å². The predicted molar refractivity (Wildman–Crippen MR) is 322 cm³/mol. The number of benzene rings is 10. The molecule has 4 heteroatoms. The lowest BCUT2D eigenvalue weighted by molar-refractivity contribution is 0.826. The van der Waals surface area contributed by atoms with E-state index < -0.39 is 0 Å². The number of para-hydroxylation sites is 8. The van der Waals surface area contributed by atoms with Crippen LogP contribution < -0.4 is 30.0 Å². The van der Waals surface area contributed by atoms with Gasteiger partial charge in [0, 0.05) is 31.6 Å². The zero-order chi connectivity index (χ0) is 50.4. The van der Waals surface area contributed by atoms with E-state index in [4.69, 9.17) is 0 Å². The largest absolute Gasteiger partial charge is 0.341 e. The first-order valence-corrected chi connectivity index (χ1v) is 27.0. The Labute approximate surface area is 445 Å². The molecular weight excluding hydrogens is 921 g/mol. The van der Waals surface area contributed by atoms with Crippen LogP contribution in [-0.4, -0.2) is 20.1 Å². The third-order valence-corrected chi connectivity index (χ3v) is 17.1. The maximum Gasteiger partial charge on any atom is 0.0699 e. The van der Waals surface area contributed by atoms with Crippen molar-refractivity contribution in [1.82, 2.24) is 0 Å². The van der Waals surface area contributed by atoms with Gasteiger partial charge < -0.3 is 19.6 Å². The highest BCUT2D eigenvalue weighted by Gasteiger charge is 2.33. The summed E-state index contributed by atoms with van der Waals surface area (Å²) in [6, 6.07) is 77.2. The molecule has 0 aromatic heterocycles. The van der Waals surface area contributed by atoms with Gasteiger partial charge in [0.2, 0.25) is 0 Å². The maximum absolute atomic E-state index is 2.64. The van der Waals surface area contributed by atoms with Gasteiger partial charge in [-0.15, -0.1) is 0 Å². The molecule has 4 nitrogen and oxygen atoms in total. The van der Waals surface area contributed by atoms with Crippen LogP contribution in [0, 0.1) is 0 Å². The molecular formula is C72H56N4. The fraction of sp³-hybridized carbons (Fsp3) is 0.111. The van der Waals surface area contributed by atoms with Gasteiger partial charge in [0.15, 0.2) is 0 Å². The highest BCUT2D eigenvalue weighted by Crippen LogP contribution is 2.52. The molecule has 76 heavy (non-hydrogen) atoms. The first kappa shape index (κ1) is 44.4. The summed E-state index contributed by atoms with van der Waals surface area (Å²) in [5.74, 6) is 0.492. The van der Waals surface area contributed by atoms with E-state index in [0.29, 0.717) is 0 Å². The first-order valence-electron chi connectivity index (χ1n) is 27.0. The molecule has 10 aromatic rings. The number of allylic oxidation sites excluding steroid dienone is 5. The molecule has 2 aliphatic heterocycles. The third kappa shape index (κ3) is 7.12. The Kier molecular flexibility index (Phi) is 10.4. The van der Waals surface area contributed by atoms with Gasteiger partial charge in [0.05, 0.1) is 51.5 Å². The van der Waals surface area contributed by atoms with Gasteiger partial charge in [-0.05, 0) is 156 Å². The van der Waals surface area contributed by atoms with Crippen molar-refractivity contribution in [2.45, 2.75) is 37.1 Å². The number of rotatable bonds is 6. The molecule has 0 bridgehead atoms. The van der Waals surface area contributed by atoms with Crippen LogP contribution in [0.1, 0.15) is 52.5 Å². The van der Waals surface area contributed by atoms with Crippen molar-refractivity contribution in [3.63, 3.8) is 0 Å². The van der Waals surface area contributed by atoms with E-state index in [0.717, 1.165) is 24.9 Å². The fourth-order valence-corrected chi connectivity index (χ4v) is 13.4. The van der Waals surface area contributed by atoms with Crippen LogP contribution >= 0.6 is 0 Å². The quantitative estimate of drug-likeness (QED) is 0.165. The highest BCUT2D eigenvalue weighted by molar-refractivity contribution is 6.08. The molecule has 0 amide bonds. The Morgan fingerprint density at radius 2 is 1.07 bits per heavy atom. The molecule has 0 fully saturated rings. The van der Waals surface area contributed by atoms with Gasteiger partial charge in [0.25, 0.3) is 0 Å². The van der Waals surface area contributed by atoms with Crippen LogP contribution in [0.25, 0.3) is 56.5 Å². The average molecular weight is 977 g/mol. The minimum atomic E-state index is 0.0555. The van der Waals surface area contributed by atoms with Crippen molar-refractivity contribution in [3.05, 3.63) is 269 Å². The van der Waals surface area contributed by atoms with Gasteiger partial charge >= 0.3 is 0 Å². The van der Waals surface area contributed by atoms with E-state index in [9.17, 15) is 0 Å². The Morgan fingerprint density at radius 3 is 1.80 bits per heavy atom. The van der Waals surface area contributed by atoms with Gasteiger partial charge in [-0.1, -0.05) is 188 Å². The zero-order valence-electron chi connectivity index (χ0n) is 42.8. The van der Waals surface area contributed by atoms with Crippen LogP contribution in [0.2, 0.25) is 0 Å². The second kappa shape index (κ2) is 17.8. The number of nitrogens with zero attached hydrogens (tertiary/aromatic N) is 4. The summed E-state index contributed by atoms with van der Waals surface area (Å²) >= 11 is 0. The zero-order valence-corrected chi connectivity index (χ0v) is 42.8. The van der Waals surface area contributed by atoms with Crippen molar-refractivity contribution in [1.29, 1.82) is 0 Å². The highest BCUT2D eigenvalue weighted by atomic mass is 15.3. The lowest BCUT2D eigenvalue weighted by atomic mass is 9.79. The molecule has 0 N–H and O–H groups in total. The topological polar surface area (TPSA) is 13.0 Å². The van der Waals surface area contributed by atoms with Crippen LogP contribution in [0.3, 0.4) is 0 Å². The minimum absolute atomic E-state index is 0.0555. The normalized spacial score (nSPS) is 17.9. The second-order valence-corrected chi connectivity index (χ2v) is 21.2. The summed E-state index contributed by atoms with van der Waals surface area (Å²) in [5.41, 5.74) is 21.4. The summed E-state index contributed by atoms with van der Waals surface area (Å²) in [6.07, 6.45) is 19.9. The van der Waals surface area contributed by atoms with Crippen LogP contribution in [0.15, 0.2) is 231 Å². The second-order valence-electron chi connectivity index (χ2n) is 21.2. The first-order chi connectivity index (χ1) is 37.5. The number of anilines is 9. The summed E-state index contributed by atoms with van der Waals surface area (Å²) < 4.78 is 0. The summed E-state index contributed by atoms with van der Waals surface area (Å²) in [5, 5.41) is 7.71. The molecule has 3 unspecified atom stereocenters. The van der Waals surface area contributed by atoms with Crippen LogP contribution in [-0.2, 0) is 6.42 Å². The standard InChI is InChI=1S/C72H56N4/c1-73-63-25-7-11-29-67(63)75(68-30-12-8-26-64(68)73)57-37-39-59-61(45-57)71(55-23-15-21-51(43-55)53-35-33-47-17-3-5-19-49(47)41-53)60-40-38-58(76-69-31-13-9-27-65(69)74(2)66-28-10-14-32-70(66)76)46-62(60)72(59)56-24-16-22-52(44-56)54-36-34-48-18-4-6-20-50(48)42-54/h3-37,39-40,42-43,45-46,52-53,58H,38,41,44H2,1-2H3.